The summed E-state index contributed by atoms with van der Waals surface area (Å²) in [4.78, 5) is 0. The first-order valence-electron chi connectivity index (χ1n) is 3.78. The molecule has 2 saturated carbocycles. The van der Waals surface area contributed by atoms with Gasteiger partial charge in [0.25, 0.3) is 0 Å². The predicted molar refractivity (Wildman–Crippen MR) is 34.6 cm³/mol. The first-order valence-corrected chi connectivity index (χ1v) is 3.78. The fraction of sp³-hybridized carbons (Fsp3) is 1.00. The molecule has 0 heteroatoms. The molecule has 2 rings (SSSR count). The van der Waals surface area contributed by atoms with Crippen LogP contribution in [0.4, 0.5) is 0 Å². The zero-order valence-corrected chi connectivity index (χ0v) is 5.78. The van der Waals surface area contributed by atoms with Gasteiger partial charge in [-0.3, -0.25) is 0 Å². The van der Waals surface area contributed by atoms with Crippen LogP contribution in [0.15, 0.2) is 0 Å². The summed E-state index contributed by atoms with van der Waals surface area (Å²) in [6.45, 7) is 4.73. The van der Waals surface area contributed by atoms with E-state index >= 15 is 0 Å². The lowest BCUT2D eigenvalue weighted by Gasteiger charge is -2.30. The van der Waals surface area contributed by atoms with Crippen molar-refractivity contribution < 1.29 is 0 Å². The predicted octanol–water partition coefficient (Wildman–Crippen LogP) is 2.44. The molecule has 0 bridgehead atoms. The molecular formula is C8H14. The lowest BCUT2D eigenvalue weighted by molar-refractivity contribution is 0.190. The molecule has 0 aromatic heterocycles. The Kier molecular flexibility index (Phi) is 0.678. The standard InChI is InChI=1S/C8H14/c1-3-8-4-6(2)7(8)5-8/h6-7H,3-5H2,1-2H3. The van der Waals surface area contributed by atoms with E-state index in [0.29, 0.717) is 0 Å². The Morgan fingerprint density at radius 2 is 2.25 bits per heavy atom. The molecule has 0 aromatic carbocycles. The molecule has 3 unspecified atom stereocenters. The van der Waals surface area contributed by atoms with Gasteiger partial charge in [-0.2, -0.15) is 0 Å². The summed E-state index contributed by atoms with van der Waals surface area (Å²) in [5.74, 6) is 2.24. The maximum atomic E-state index is 2.39. The van der Waals surface area contributed by atoms with Crippen molar-refractivity contribution in [3.8, 4) is 0 Å². The smallest absolute Gasteiger partial charge is 0.0263 e. The SMILES string of the molecule is CCC12CC(C)C1C2. The molecular weight excluding hydrogens is 96.1 g/mol. The molecule has 46 valence electrons. The summed E-state index contributed by atoms with van der Waals surface area (Å²) in [5.41, 5.74) is 0.902. The van der Waals surface area contributed by atoms with Crippen molar-refractivity contribution in [2.75, 3.05) is 0 Å². The Labute approximate surface area is 51.3 Å². The fourth-order valence-electron chi connectivity index (χ4n) is 2.59. The average molecular weight is 110 g/mol. The van der Waals surface area contributed by atoms with E-state index in [9.17, 15) is 0 Å². The van der Waals surface area contributed by atoms with E-state index < -0.39 is 0 Å². The van der Waals surface area contributed by atoms with E-state index in [4.69, 9.17) is 0 Å². The lowest BCUT2D eigenvalue weighted by Crippen LogP contribution is -2.22. The van der Waals surface area contributed by atoms with E-state index in [1.54, 1.807) is 6.42 Å². The third-order valence-corrected chi connectivity index (χ3v) is 3.37. The second-order valence-electron chi connectivity index (χ2n) is 3.71. The highest BCUT2D eigenvalue weighted by Crippen LogP contribution is 2.72. The molecule has 0 N–H and O–H groups in total. The van der Waals surface area contributed by atoms with Crippen LogP contribution in [-0.4, -0.2) is 0 Å². The Morgan fingerprint density at radius 3 is 2.38 bits per heavy atom. The summed E-state index contributed by atoms with van der Waals surface area (Å²) in [5, 5.41) is 0. The molecule has 0 heterocycles. The van der Waals surface area contributed by atoms with Crippen LogP contribution in [0.3, 0.4) is 0 Å². The third kappa shape index (κ3) is 0.340. The van der Waals surface area contributed by atoms with Gasteiger partial charge in [-0.15, -0.1) is 0 Å². The Hall–Kier alpha value is 0. The second-order valence-corrected chi connectivity index (χ2v) is 3.71. The van der Waals surface area contributed by atoms with Gasteiger partial charge in [0, 0.05) is 0 Å². The number of fused-ring (bicyclic) bond motifs is 1. The highest BCUT2D eigenvalue weighted by Gasteiger charge is 2.63. The van der Waals surface area contributed by atoms with Crippen molar-refractivity contribution in [3.05, 3.63) is 0 Å². The van der Waals surface area contributed by atoms with E-state index in [1.165, 1.54) is 12.8 Å². The highest BCUT2D eigenvalue weighted by atomic mass is 14.7. The molecule has 2 fully saturated rings. The summed E-state index contributed by atoms with van der Waals surface area (Å²) in [7, 11) is 0. The van der Waals surface area contributed by atoms with Crippen LogP contribution >= 0.6 is 0 Å². The maximum absolute atomic E-state index is 2.39. The van der Waals surface area contributed by atoms with Crippen molar-refractivity contribution >= 4 is 0 Å². The first-order chi connectivity index (χ1) is 3.78. The van der Waals surface area contributed by atoms with Crippen LogP contribution in [0.2, 0.25) is 0 Å². The van der Waals surface area contributed by atoms with Crippen molar-refractivity contribution in [3.63, 3.8) is 0 Å². The normalized spacial score (nSPS) is 59.2. The van der Waals surface area contributed by atoms with Gasteiger partial charge in [-0.1, -0.05) is 20.3 Å². The van der Waals surface area contributed by atoms with Crippen molar-refractivity contribution in [1.82, 2.24) is 0 Å². The van der Waals surface area contributed by atoms with Gasteiger partial charge in [-0.25, -0.2) is 0 Å². The molecule has 2 aliphatic rings. The van der Waals surface area contributed by atoms with Gasteiger partial charge in [0.05, 0.1) is 0 Å². The quantitative estimate of drug-likeness (QED) is 0.486. The zero-order chi connectivity index (χ0) is 5.78. The number of hydrogen-bond acceptors (Lipinski definition) is 0. The summed E-state index contributed by atoms with van der Waals surface area (Å²) < 4.78 is 0. The monoisotopic (exact) mass is 110 g/mol. The minimum absolute atomic E-state index is 0.902. The van der Waals surface area contributed by atoms with Crippen LogP contribution in [-0.2, 0) is 0 Å². The Balaban J connectivity index is 2.02. The minimum atomic E-state index is 0.902. The molecule has 3 atom stereocenters. The molecule has 0 aromatic rings. The van der Waals surface area contributed by atoms with Gasteiger partial charge < -0.3 is 0 Å². The topological polar surface area (TPSA) is 0 Å². The Bertz CT molecular complexity index is 117. The number of hydrogen-bond donors (Lipinski definition) is 0. The molecule has 0 radical (unpaired) electrons. The molecule has 8 heavy (non-hydrogen) atoms. The van der Waals surface area contributed by atoms with Gasteiger partial charge in [0.15, 0.2) is 0 Å². The molecule has 0 aliphatic heterocycles. The van der Waals surface area contributed by atoms with Crippen molar-refractivity contribution in [1.29, 1.82) is 0 Å². The van der Waals surface area contributed by atoms with Crippen LogP contribution < -0.4 is 0 Å². The van der Waals surface area contributed by atoms with Gasteiger partial charge in [0.1, 0.15) is 0 Å². The van der Waals surface area contributed by atoms with Gasteiger partial charge in [0.2, 0.25) is 0 Å². The van der Waals surface area contributed by atoms with Crippen molar-refractivity contribution in [2.24, 2.45) is 17.3 Å². The molecule has 0 spiro atoms. The largest absolute Gasteiger partial charge is 0.0648 e. The van der Waals surface area contributed by atoms with E-state index in [-0.39, 0.29) is 0 Å². The van der Waals surface area contributed by atoms with E-state index in [0.717, 1.165) is 17.3 Å². The van der Waals surface area contributed by atoms with Crippen LogP contribution in [0.25, 0.3) is 0 Å². The maximum Gasteiger partial charge on any atom is -0.0263 e. The van der Waals surface area contributed by atoms with E-state index in [2.05, 4.69) is 13.8 Å². The highest BCUT2D eigenvalue weighted by molar-refractivity contribution is 5.12. The molecule has 0 saturated heterocycles. The van der Waals surface area contributed by atoms with Gasteiger partial charge >= 0.3 is 0 Å². The van der Waals surface area contributed by atoms with Crippen LogP contribution in [0.1, 0.15) is 33.1 Å². The van der Waals surface area contributed by atoms with Crippen molar-refractivity contribution in [2.45, 2.75) is 33.1 Å². The second kappa shape index (κ2) is 1.12. The minimum Gasteiger partial charge on any atom is -0.0648 e. The van der Waals surface area contributed by atoms with Gasteiger partial charge in [-0.05, 0) is 30.1 Å². The molecule has 2 aliphatic carbocycles. The molecule has 0 nitrogen and oxygen atoms in total. The van der Waals surface area contributed by atoms with E-state index in [1.807, 2.05) is 0 Å². The van der Waals surface area contributed by atoms with Crippen LogP contribution in [0.5, 0.6) is 0 Å². The summed E-state index contributed by atoms with van der Waals surface area (Å²) >= 11 is 0. The number of rotatable bonds is 1. The van der Waals surface area contributed by atoms with Crippen LogP contribution in [0, 0.1) is 17.3 Å². The first kappa shape index (κ1) is 4.84. The average Bonchev–Trinajstić information content (AvgIpc) is 2.36. The molecule has 0 amide bonds. The lowest BCUT2D eigenvalue weighted by atomic mass is 9.75. The Morgan fingerprint density at radius 1 is 1.50 bits per heavy atom. The summed E-state index contributed by atoms with van der Waals surface area (Å²) in [6, 6.07) is 0. The zero-order valence-electron chi connectivity index (χ0n) is 5.78. The summed E-state index contributed by atoms with van der Waals surface area (Å²) in [6.07, 6.45) is 4.54. The third-order valence-electron chi connectivity index (χ3n) is 3.37. The fourth-order valence-corrected chi connectivity index (χ4v) is 2.59.